The van der Waals surface area contributed by atoms with Gasteiger partial charge in [-0.2, -0.15) is 0 Å². The zero-order valence-corrected chi connectivity index (χ0v) is 12.9. The molecule has 0 aliphatic carbocycles. The first-order valence-corrected chi connectivity index (χ1v) is 7.06. The minimum Gasteiger partial charge on any atom is -0.374 e. The summed E-state index contributed by atoms with van der Waals surface area (Å²) in [6.45, 7) is -0.0968. The molecule has 0 aromatic heterocycles. The summed E-state index contributed by atoms with van der Waals surface area (Å²) in [4.78, 5) is 11.8. The van der Waals surface area contributed by atoms with Gasteiger partial charge in [-0.05, 0) is 46.3 Å². The molecule has 0 saturated heterocycles. The average molecular weight is 376 g/mol. The Morgan fingerprint density at radius 2 is 1.95 bits per heavy atom. The van der Waals surface area contributed by atoms with Crippen molar-refractivity contribution in [2.75, 3.05) is 17.2 Å². The van der Waals surface area contributed by atoms with E-state index in [0.29, 0.717) is 15.8 Å². The lowest BCUT2D eigenvalue weighted by atomic mass is 10.3. The second-order valence-electron chi connectivity index (χ2n) is 4.16. The molecular formula is C14H10BrClF2N2O. The Bertz CT molecular complexity index is 659. The fraction of sp³-hybridized carbons (Fsp3) is 0.0714. The predicted octanol–water partition coefficient (Wildman–Crippen LogP) is 4.43. The number of nitrogens with one attached hydrogen (secondary N) is 2. The van der Waals surface area contributed by atoms with E-state index in [2.05, 4.69) is 26.6 Å². The molecule has 7 heteroatoms. The monoisotopic (exact) mass is 374 g/mol. The molecule has 0 bridgehead atoms. The van der Waals surface area contributed by atoms with Crippen molar-refractivity contribution in [1.82, 2.24) is 0 Å². The van der Waals surface area contributed by atoms with E-state index in [1.807, 2.05) is 0 Å². The summed E-state index contributed by atoms with van der Waals surface area (Å²) in [5.41, 5.74) is 0.763. The van der Waals surface area contributed by atoms with E-state index in [9.17, 15) is 13.6 Å². The molecule has 0 aliphatic heterocycles. The smallest absolute Gasteiger partial charge is 0.243 e. The van der Waals surface area contributed by atoms with Crippen LogP contribution in [0.1, 0.15) is 0 Å². The fourth-order valence-corrected chi connectivity index (χ4v) is 2.61. The van der Waals surface area contributed by atoms with Gasteiger partial charge in [0.2, 0.25) is 5.91 Å². The van der Waals surface area contributed by atoms with Crippen molar-refractivity contribution in [3.63, 3.8) is 0 Å². The van der Waals surface area contributed by atoms with Crippen molar-refractivity contribution >= 4 is 44.8 Å². The minimum atomic E-state index is -0.485. The van der Waals surface area contributed by atoms with Crippen LogP contribution < -0.4 is 10.6 Å². The Balaban J connectivity index is 1.99. The van der Waals surface area contributed by atoms with Crippen LogP contribution in [0.5, 0.6) is 0 Å². The molecule has 21 heavy (non-hydrogen) atoms. The normalized spacial score (nSPS) is 10.3. The molecule has 110 valence electrons. The molecule has 0 aliphatic rings. The Morgan fingerprint density at radius 3 is 2.62 bits per heavy atom. The van der Waals surface area contributed by atoms with E-state index < -0.39 is 11.6 Å². The van der Waals surface area contributed by atoms with Gasteiger partial charge >= 0.3 is 0 Å². The number of anilines is 2. The van der Waals surface area contributed by atoms with Gasteiger partial charge in [-0.15, -0.1) is 0 Å². The molecule has 0 fully saturated rings. The van der Waals surface area contributed by atoms with E-state index in [1.165, 1.54) is 24.3 Å². The Morgan fingerprint density at radius 1 is 1.19 bits per heavy atom. The van der Waals surface area contributed by atoms with Crippen LogP contribution >= 0.6 is 27.5 Å². The van der Waals surface area contributed by atoms with Crippen molar-refractivity contribution in [2.45, 2.75) is 0 Å². The van der Waals surface area contributed by atoms with Crippen LogP contribution in [0.15, 0.2) is 40.9 Å². The molecule has 0 radical (unpaired) electrons. The van der Waals surface area contributed by atoms with E-state index in [-0.39, 0.29) is 17.5 Å². The van der Waals surface area contributed by atoms with Gasteiger partial charge in [-0.1, -0.05) is 17.7 Å². The minimum absolute atomic E-state index is 0.0968. The molecular weight excluding hydrogens is 366 g/mol. The molecule has 1 amide bonds. The van der Waals surface area contributed by atoms with Gasteiger partial charge < -0.3 is 10.6 Å². The average Bonchev–Trinajstić information content (AvgIpc) is 2.37. The fourth-order valence-electron chi connectivity index (χ4n) is 1.65. The number of hydrogen-bond acceptors (Lipinski definition) is 2. The number of halogens is 4. The highest BCUT2D eigenvalue weighted by molar-refractivity contribution is 9.10. The highest BCUT2D eigenvalue weighted by Crippen LogP contribution is 2.31. The van der Waals surface area contributed by atoms with Gasteiger partial charge in [0.05, 0.1) is 17.3 Å². The molecule has 2 N–H and O–H groups in total. The summed E-state index contributed by atoms with van der Waals surface area (Å²) in [5, 5.41) is 5.47. The number of rotatable bonds is 4. The number of carbonyl (C=O) groups excluding carboxylic acids is 1. The third-order valence-electron chi connectivity index (χ3n) is 2.54. The maximum atomic E-state index is 13.1. The van der Waals surface area contributed by atoms with Gasteiger partial charge in [0, 0.05) is 10.2 Å². The highest BCUT2D eigenvalue weighted by atomic mass is 79.9. The third-order valence-corrected chi connectivity index (χ3v) is 3.46. The first kappa shape index (κ1) is 15.7. The molecule has 0 spiro atoms. The van der Waals surface area contributed by atoms with Crippen LogP contribution in [0.4, 0.5) is 20.2 Å². The molecule has 2 rings (SSSR count). The molecule has 2 aromatic carbocycles. The maximum Gasteiger partial charge on any atom is 0.243 e. The molecule has 0 heterocycles. The van der Waals surface area contributed by atoms with Crippen molar-refractivity contribution in [1.29, 1.82) is 0 Å². The number of amides is 1. The maximum absolute atomic E-state index is 13.1. The molecule has 0 unspecified atom stereocenters. The van der Waals surface area contributed by atoms with Crippen molar-refractivity contribution in [3.8, 4) is 0 Å². The van der Waals surface area contributed by atoms with Gasteiger partial charge in [0.15, 0.2) is 0 Å². The lowest BCUT2D eigenvalue weighted by Gasteiger charge is -2.11. The van der Waals surface area contributed by atoms with Crippen LogP contribution in [0, 0.1) is 11.6 Å². The summed E-state index contributed by atoms with van der Waals surface area (Å²) in [6.07, 6.45) is 0. The SMILES string of the molecule is O=C(CNc1c(Cl)cc(F)cc1Br)Nc1cccc(F)c1. The molecule has 3 nitrogen and oxygen atoms in total. The predicted molar refractivity (Wildman–Crippen MR) is 82.6 cm³/mol. The molecule has 0 saturated carbocycles. The number of hydrogen-bond donors (Lipinski definition) is 2. The summed E-state index contributed by atoms with van der Waals surface area (Å²) in [5.74, 6) is -1.31. The van der Waals surface area contributed by atoms with Crippen molar-refractivity contribution in [3.05, 3.63) is 57.5 Å². The van der Waals surface area contributed by atoms with Gasteiger partial charge in [-0.3, -0.25) is 4.79 Å². The summed E-state index contributed by atoms with van der Waals surface area (Å²) < 4.78 is 26.5. The lowest BCUT2D eigenvalue weighted by molar-refractivity contribution is -0.114. The summed E-state index contributed by atoms with van der Waals surface area (Å²) >= 11 is 9.04. The first-order valence-electron chi connectivity index (χ1n) is 5.89. The van der Waals surface area contributed by atoms with Crippen LogP contribution in [0.3, 0.4) is 0 Å². The molecule has 0 atom stereocenters. The largest absolute Gasteiger partial charge is 0.374 e. The number of benzene rings is 2. The topological polar surface area (TPSA) is 41.1 Å². The Hall–Kier alpha value is -1.66. The Labute approximate surface area is 133 Å². The third kappa shape index (κ3) is 4.41. The van der Waals surface area contributed by atoms with Crippen molar-refractivity contribution in [2.24, 2.45) is 0 Å². The zero-order valence-electron chi connectivity index (χ0n) is 10.6. The van der Waals surface area contributed by atoms with Gasteiger partial charge in [-0.25, -0.2) is 8.78 Å². The zero-order chi connectivity index (χ0) is 15.4. The Kier molecular flexibility index (Phi) is 5.14. The number of carbonyl (C=O) groups is 1. The van der Waals surface area contributed by atoms with Gasteiger partial charge in [0.1, 0.15) is 11.6 Å². The van der Waals surface area contributed by atoms with E-state index >= 15 is 0 Å². The first-order chi connectivity index (χ1) is 9.95. The molecule has 2 aromatic rings. The van der Waals surface area contributed by atoms with E-state index in [4.69, 9.17) is 11.6 Å². The lowest BCUT2D eigenvalue weighted by Crippen LogP contribution is -2.22. The van der Waals surface area contributed by atoms with E-state index in [0.717, 1.165) is 6.07 Å². The van der Waals surface area contributed by atoms with Crippen LogP contribution in [-0.2, 0) is 4.79 Å². The van der Waals surface area contributed by atoms with Crippen molar-refractivity contribution < 1.29 is 13.6 Å². The summed E-state index contributed by atoms with van der Waals surface area (Å²) in [6, 6.07) is 7.92. The van der Waals surface area contributed by atoms with Crippen LogP contribution in [0.25, 0.3) is 0 Å². The van der Waals surface area contributed by atoms with Crippen LogP contribution in [-0.4, -0.2) is 12.5 Å². The van der Waals surface area contributed by atoms with Gasteiger partial charge in [0.25, 0.3) is 0 Å². The van der Waals surface area contributed by atoms with E-state index in [1.54, 1.807) is 6.07 Å². The standard InChI is InChI=1S/C14H10BrClF2N2O/c15-11-5-9(18)6-12(16)14(11)19-7-13(21)20-10-3-1-2-8(17)4-10/h1-6,19H,7H2,(H,20,21). The quantitative estimate of drug-likeness (QED) is 0.830. The second kappa shape index (κ2) is 6.87. The highest BCUT2D eigenvalue weighted by Gasteiger charge is 2.10. The summed E-state index contributed by atoms with van der Waals surface area (Å²) in [7, 11) is 0. The second-order valence-corrected chi connectivity index (χ2v) is 5.42. The van der Waals surface area contributed by atoms with Crippen LogP contribution in [0.2, 0.25) is 5.02 Å².